The van der Waals surface area contributed by atoms with E-state index in [0.717, 1.165) is 43.6 Å². The molecule has 0 radical (unpaired) electrons. The molecule has 1 aromatic heterocycles. The summed E-state index contributed by atoms with van der Waals surface area (Å²) in [6.45, 7) is 1.68. The summed E-state index contributed by atoms with van der Waals surface area (Å²) < 4.78 is 27.8. The summed E-state index contributed by atoms with van der Waals surface area (Å²) in [6, 6.07) is 14.3. The summed E-state index contributed by atoms with van der Waals surface area (Å²) in [7, 11) is 0. The largest absolute Gasteiger partial charge is 0.356 e. The SMILES string of the molecule is O=C(Nc1c(F)cccc1F)c1cc(N2CCCC2)nc(-c2ccccc2)n1. The van der Waals surface area contributed by atoms with Crippen LogP contribution in [0.5, 0.6) is 0 Å². The second-order valence-electron chi connectivity index (χ2n) is 6.55. The van der Waals surface area contributed by atoms with E-state index in [4.69, 9.17) is 0 Å². The Bertz CT molecular complexity index is 984. The van der Waals surface area contributed by atoms with Gasteiger partial charge in [0.1, 0.15) is 28.8 Å². The molecule has 142 valence electrons. The van der Waals surface area contributed by atoms with Crippen molar-refractivity contribution >= 4 is 17.4 Å². The number of nitrogens with zero attached hydrogens (tertiary/aromatic N) is 3. The molecule has 1 N–H and O–H groups in total. The highest BCUT2D eigenvalue weighted by atomic mass is 19.1. The van der Waals surface area contributed by atoms with Gasteiger partial charge in [-0.2, -0.15) is 0 Å². The summed E-state index contributed by atoms with van der Waals surface area (Å²) in [5.41, 5.74) is 0.322. The molecule has 3 aromatic rings. The molecule has 0 bridgehead atoms. The summed E-state index contributed by atoms with van der Waals surface area (Å²) in [6.07, 6.45) is 2.10. The zero-order valence-corrected chi connectivity index (χ0v) is 15.0. The monoisotopic (exact) mass is 380 g/mol. The number of para-hydroxylation sites is 1. The molecule has 7 heteroatoms. The highest BCUT2D eigenvalue weighted by Crippen LogP contribution is 2.24. The lowest BCUT2D eigenvalue weighted by atomic mass is 10.2. The van der Waals surface area contributed by atoms with Gasteiger partial charge >= 0.3 is 0 Å². The second-order valence-corrected chi connectivity index (χ2v) is 6.55. The molecule has 0 atom stereocenters. The van der Waals surface area contributed by atoms with E-state index >= 15 is 0 Å². The average molecular weight is 380 g/mol. The topological polar surface area (TPSA) is 58.1 Å². The van der Waals surface area contributed by atoms with Crippen LogP contribution in [0, 0.1) is 11.6 Å². The van der Waals surface area contributed by atoms with Gasteiger partial charge in [0.15, 0.2) is 5.82 Å². The third-order valence-electron chi connectivity index (χ3n) is 4.61. The molecule has 0 unspecified atom stereocenters. The molecule has 1 aliphatic heterocycles. The fourth-order valence-corrected chi connectivity index (χ4v) is 3.17. The van der Waals surface area contributed by atoms with E-state index in [-0.39, 0.29) is 5.69 Å². The molecule has 2 aromatic carbocycles. The van der Waals surface area contributed by atoms with Gasteiger partial charge in [0.2, 0.25) is 0 Å². The van der Waals surface area contributed by atoms with Crippen LogP contribution in [0.15, 0.2) is 54.6 Å². The van der Waals surface area contributed by atoms with Crippen molar-refractivity contribution in [3.8, 4) is 11.4 Å². The van der Waals surface area contributed by atoms with E-state index in [2.05, 4.69) is 20.2 Å². The quantitative estimate of drug-likeness (QED) is 0.734. The van der Waals surface area contributed by atoms with Gasteiger partial charge in [0, 0.05) is 24.7 Å². The predicted molar refractivity (Wildman–Crippen MR) is 103 cm³/mol. The van der Waals surface area contributed by atoms with Crippen LogP contribution in [0.3, 0.4) is 0 Å². The normalized spacial score (nSPS) is 13.6. The molecular formula is C21H18F2N4O. The number of rotatable bonds is 4. The first kappa shape index (κ1) is 18.0. The molecule has 2 heterocycles. The van der Waals surface area contributed by atoms with Crippen LogP contribution in [0.25, 0.3) is 11.4 Å². The van der Waals surface area contributed by atoms with Gasteiger partial charge in [-0.1, -0.05) is 36.4 Å². The van der Waals surface area contributed by atoms with Crippen molar-refractivity contribution in [3.05, 3.63) is 71.9 Å². The molecule has 0 aliphatic carbocycles. The van der Waals surface area contributed by atoms with E-state index in [0.29, 0.717) is 11.6 Å². The summed E-state index contributed by atoms with van der Waals surface area (Å²) >= 11 is 0. The second kappa shape index (κ2) is 7.72. The Morgan fingerprint density at radius 2 is 1.61 bits per heavy atom. The number of benzene rings is 2. The third kappa shape index (κ3) is 3.69. The number of nitrogens with one attached hydrogen (secondary N) is 1. The van der Waals surface area contributed by atoms with Gasteiger partial charge in [-0.15, -0.1) is 0 Å². The Balaban J connectivity index is 1.72. The first-order valence-corrected chi connectivity index (χ1v) is 9.06. The average Bonchev–Trinajstić information content (AvgIpc) is 3.26. The van der Waals surface area contributed by atoms with E-state index in [1.807, 2.05) is 30.3 Å². The predicted octanol–water partition coefficient (Wildman–Crippen LogP) is 4.27. The molecule has 1 saturated heterocycles. The van der Waals surface area contributed by atoms with E-state index in [1.165, 1.54) is 6.07 Å². The van der Waals surface area contributed by atoms with Crippen LogP contribution in [0.2, 0.25) is 0 Å². The molecule has 0 spiro atoms. The van der Waals surface area contributed by atoms with Crippen molar-refractivity contribution in [2.24, 2.45) is 0 Å². The first-order valence-electron chi connectivity index (χ1n) is 9.06. The van der Waals surface area contributed by atoms with Crippen LogP contribution in [-0.2, 0) is 0 Å². The lowest BCUT2D eigenvalue weighted by Gasteiger charge is -2.18. The number of aromatic nitrogens is 2. The lowest BCUT2D eigenvalue weighted by Crippen LogP contribution is -2.22. The fourth-order valence-electron chi connectivity index (χ4n) is 3.17. The van der Waals surface area contributed by atoms with Crippen molar-refractivity contribution in [1.82, 2.24) is 9.97 Å². The molecule has 1 amide bonds. The van der Waals surface area contributed by atoms with Crippen LogP contribution in [0.1, 0.15) is 23.3 Å². The Labute approximate surface area is 161 Å². The number of anilines is 2. The summed E-state index contributed by atoms with van der Waals surface area (Å²) in [5, 5.41) is 2.29. The van der Waals surface area contributed by atoms with Crippen LogP contribution in [0.4, 0.5) is 20.3 Å². The highest BCUT2D eigenvalue weighted by Gasteiger charge is 2.20. The highest BCUT2D eigenvalue weighted by molar-refractivity contribution is 6.03. The van der Waals surface area contributed by atoms with Gasteiger partial charge in [0.05, 0.1) is 0 Å². The molecule has 5 nitrogen and oxygen atoms in total. The van der Waals surface area contributed by atoms with Crippen molar-refractivity contribution in [3.63, 3.8) is 0 Å². The minimum atomic E-state index is -0.842. The molecule has 28 heavy (non-hydrogen) atoms. The van der Waals surface area contributed by atoms with Gasteiger partial charge < -0.3 is 10.2 Å². The van der Waals surface area contributed by atoms with Gasteiger partial charge in [-0.05, 0) is 25.0 Å². The number of carbonyl (C=O) groups is 1. The molecule has 0 saturated carbocycles. The fraction of sp³-hybridized carbons (Fsp3) is 0.190. The Morgan fingerprint density at radius 3 is 2.29 bits per heavy atom. The van der Waals surface area contributed by atoms with E-state index in [1.54, 1.807) is 6.07 Å². The van der Waals surface area contributed by atoms with Crippen LogP contribution < -0.4 is 10.2 Å². The first-order chi connectivity index (χ1) is 13.6. The maximum Gasteiger partial charge on any atom is 0.274 e. The summed E-state index contributed by atoms with van der Waals surface area (Å²) in [4.78, 5) is 23.7. The minimum Gasteiger partial charge on any atom is -0.356 e. The van der Waals surface area contributed by atoms with E-state index < -0.39 is 23.2 Å². The van der Waals surface area contributed by atoms with Crippen molar-refractivity contribution < 1.29 is 13.6 Å². The molecular weight excluding hydrogens is 362 g/mol. The lowest BCUT2D eigenvalue weighted by molar-refractivity contribution is 0.102. The minimum absolute atomic E-state index is 0.0541. The van der Waals surface area contributed by atoms with Gasteiger partial charge in [-0.3, -0.25) is 4.79 Å². The van der Waals surface area contributed by atoms with Crippen LogP contribution >= 0.6 is 0 Å². The number of halogens is 2. The molecule has 4 rings (SSSR count). The smallest absolute Gasteiger partial charge is 0.274 e. The third-order valence-corrected chi connectivity index (χ3v) is 4.61. The van der Waals surface area contributed by atoms with Gasteiger partial charge in [0.25, 0.3) is 5.91 Å². The summed E-state index contributed by atoms with van der Waals surface area (Å²) in [5.74, 6) is -1.35. The number of hydrogen-bond acceptors (Lipinski definition) is 4. The standard InChI is InChI=1S/C21H18F2N4O/c22-15-9-6-10-16(23)19(15)26-21(28)17-13-18(27-11-4-5-12-27)25-20(24-17)14-7-2-1-3-8-14/h1-3,6-10,13H,4-5,11-12H2,(H,26,28). The van der Waals surface area contributed by atoms with Crippen molar-refractivity contribution in [2.75, 3.05) is 23.3 Å². The Morgan fingerprint density at radius 1 is 0.929 bits per heavy atom. The maximum absolute atomic E-state index is 13.9. The van der Waals surface area contributed by atoms with E-state index in [9.17, 15) is 13.6 Å². The maximum atomic E-state index is 13.9. The molecule has 1 aliphatic rings. The molecule has 1 fully saturated rings. The number of hydrogen-bond donors (Lipinski definition) is 1. The van der Waals surface area contributed by atoms with Gasteiger partial charge in [-0.25, -0.2) is 18.7 Å². The zero-order chi connectivity index (χ0) is 19.5. The van der Waals surface area contributed by atoms with Crippen LogP contribution in [-0.4, -0.2) is 29.0 Å². The number of carbonyl (C=O) groups excluding carboxylic acids is 1. The van der Waals surface area contributed by atoms with Crippen molar-refractivity contribution in [2.45, 2.75) is 12.8 Å². The zero-order valence-electron chi connectivity index (χ0n) is 15.0. The van der Waals surface area contributed by atoms with Crippen molar-refractivity contribution in [1.29, 1.82) is 0 Å². The Kier molecular flexibility index (Phi) is 4.97. The number of amides is 1. The Hall–Kier alpha value is -3.35.